The molecule has 12 heteroatoms. The zero-order valence-corrected chi connectivity index (χ0v) is 19.3. The molecule has 8 nitrogen and oxygen atoms in total. The van der Waals surface area contributed by atoms with Crippen LogP contribution in [0.4, 0.5) is 0 Å². The molecule has 0 atom stereocenters. The van der Waals surface area contributed by atoms with Gasteiger partial charge in [-0.05, 0) is 53.9 Å². The van der Waals surface area contributed by atoms with Gasteiger partial charge in [-0.15, -0.1) is 0 Å². The van der Waals surface area contributed by atoms with E-state index in [2.05, 4.69) is 0 Å². The Morgan fingerprint density at radius 2 is 0.750 bits per heavy atom. The number of hydrogen-bond donors (Lipinski definition) is 0. The lowest BCUT2D eigenvalue weighted by Crippen LogP contribution is -2.76. The molecule has 0 unspecified atom stereocenters. The van der Waals surface area contributed by atoms with Gasteiger partial charge >= 0.3 is 34.2 Å². The van der Waals surface area contributed by atoms with Crippen LogP contribution in [0.2, 0.25) is 26.2 Å². The smallest absolute Gasteiger partial charge is 0.416 e. The average molecular weight is 409 g/mol. The number of carbonyl (C=O) groups excluding carboxylic acids is 4. The standard InChI is InChI=1S/C12H24O8Si4/c1-9(13)23(10(2)14)18-21(5,6)17-22(7,8)19-24(20-23,11(3)15)12(4)16/h1-8H3. The van der Waals surface area contributed by atoms with Crippen LogP contribution in [0.5, 0.6) is 0 Å². The highest BCUT2D eigenvalue weighted by Crippen LogP contribution is 2.32. The van der Waals surface area contributed by atoms with E-state index in [9.17, 15) is 19.2 Å². The molecule has 0 spiro atoms. The van der Waals surface area contributed by atoms with Crippen molar-refractivity contribution in [2.75, 3.05) is 0 Å². The van der Waals surface area contributed by atoms with Gasteiger partial charge in [0.25, 0.3) is 0 Å². The molecule has 0 aromatic rings. The summed E-state index contributed by atoms with van der Waals surface area (Å²) in [6, 6.07) is 0. The predicted octanol–water partition coefficient (Wildman–Crippen LogP) is 0.867. The molecule has 0 aliphatic carbocycles. The molecule has 1 rings (SSSR count). The van der Waals surface area contributed by atoms with Crippen molar-refractivity contribution in [1.82, 2.24) is 0 Å². The van der Waals surface area contributed by atoms with Crippen LogP contribution in [0.3, 0.4) is 0 Å². The van der Waals surface area contributed by atoms with E-state index in [1.165, 1.54) is 27.7 Å². The van der Waals surface area contributed by atoms with Gasteiger partial charge in [-0.25, -0.2) is 0 Å². The van der Waals surface area contributed by atoms with E-state index in [0.29, 0.717) is 0 Å². The molecule has 0 bridgehead atoms. The second-order valence-corrected chi connectivity index (χ2v) is 20.8. The van der Waals surface area contributed by atoms with Crippen LogP contribution >= 0.6 is 0 Å². The number of carbonyl (C=O) groups is 4. The molecule has 0 aromatic carbocycles. The fourth-order valence-electron chi connectivity index (χ4n) is 2.64. The maximum Gasteiger partial charge on any atom is 0.463 e. The Bertz CT molecular complexity index is 522. The molecule has 0 aromatic heterocycles. The summed E-state index contributed by atoms with van der Waals surface area (Å²) in [6.07, 6.45) is 0. The van der Waals surface area contributed by atoms with Crippen LogP contribution in [-0.2, 0) is 35.6 Å². The highest BCUT2D eigenvalue weighted by molar-refractivity contribution is 7.29. The topological polar surface area (TPSA) is 105 Å². The molecular formula is C12H24O8Si4. The molecule has 0 amide bonds. The van der Waals surface area contributed by atoms with Crippen molar-refractivity contribution in [3.05, 3.63) is 0 Å². The third-order valence-corrected chi connectivity index (χ3v) is 19.6. The lowest BCUT2D eigenvalue weighted by atomic mass is 10.9. The first-order chi connectivity index (χ1) is 10.6. The van der Waals surface area contributed by atoms with E-state index < -0.39 is 55.9 Å². The van der Waals surface area contributed by atoms with Gasteiger partial charge in [0.05, 0.1) is 0 Å². The van der Waals surface area contributed by atoms with Crippen molar-refractivity contribution >= 4 is 55.9 Å². The lowest BCUT2D eigenvalue weighted by Gasteiger charge is -2.46. The Balaban J connectivity index is 3.70. The quantitative estimate of drug-likeness (QED) is 0.631. The van der Waals surface area contributed by atoms with Crippen LogP contribution < -0.4 is 0 Å². The highest BCUT2D eigenvalue weighted by atomic mass is 28.5. The van der Waals surface area contributed by atoms with Gasteiger partial charge in [0.2, 0.25) is 0 Å². The maximum atomic E-state index is 12.3. The molecule has 1 aliphatic heterocycles. The first-order valence-corrected chi connectivity index (χ1v) is 16.7. The molecule has 1 heterocycles. The van der Waals surface area contributed by atoms with E-state index in [1.54, 1.807) is 26.2 Å². The molecule has 24 heavy (non-hydrogen) atoms. The Morgan fingerprint density at radius 1 is 0.500 bits per heavy atom. The summed E-state index contributed by atoms with van der Waals surface area (Å²) in [4.78, 5) is 49.3. The molecule has 0 saturated carbocycles. The normalized spacial score (nSPS) is 24.3. The van der Waals surface area contributed by atoms with Crippen LogP contribution in [0, 0.1) is 0 Å². The summed E-state index contributed by atoms with van der Waals surface area (Å²) in [5, 5.41) is -2.49. The molecule has 1 saturated heterocycles. The van der Waals surface area contributed by atoms with E-state index >= 15 is 0 Å². The van der Waals surface area contributed by atoms with Crippen molar-refractivity contribution < 1.29 is 35.6 Å². The Labute approximate surface area is 145 Å². The van der Waals surface area contributed by atoms with Crippen molar-refractivity contribution in [2.24, 2.45) is 0 Å². The SMILES string of the molecule is CC(=O)[Si]1(C(C)=O)O[Si](C)(C)O[Si](C)(C)O[Si](C(C)=O)(C(C)=O)O1. The number of rotatable bonds is 4. The maximum absolute atomic E-state index is 12.3. The van der Waals surface area contributed by atoms with Gasteiger partial charge in [0.1, 0.15) is 0 Å². The van der Waals surface area contributed by atoms with Gasteiger partial charge in [0.15, 0.2) is 21.6 Å². The van der Waals surface area contributed by atoms with E-state index in [1.807, 2.05) is 0 Å². The fourth-order valence-corrected chi connectivity index (χ4v) is 22.3. The minimum absolute atomic E-state index is 0.622. The zero-order valence-electron chi connectivity index (χ0n) is 15.3. The van der Waals surface area contributed by atoms with Crippen LogP contribution in [0.1, 0.15) is 27.7 Å². The van der Waals surface area contributed by atoms with Gasteiger partial charge in [0, 0.05) is 0 Å². The molecular weight excluding hydrogens is 384 g/mol. The summed E-state index contributed by atoms with van der Waals surface area (Å²) >= 11 is 0. The predicted molar refractivity (Wildman–Crippen MR) is 93.5 cm³/mol. The summed E-state index contributed by atoms with van der Waals surface area (Å²) in [7, 11) is -14.3. The minimum atomic E-state index is -4.20. The summed E-state index contributed by atoms with van der Waals surface area (Å²) in [6.45, 7) is 11.4. The average Bonchev–Trinajstić information content (AvgIpc) is 2.31. The second kappa shape index (κ2) is 6.60. The van der Waals surface area contributed by atoms with Crippen molar-refractivity contribution in [2.45, 2.75) is 53.9 Å². The highest BCUT2D eigenvalue weighted by Gasteiger charge is 2.67. The Morgan fingerprint density at radius 3 is 0.958 bits per heavy atom. The lowest BCUT2D eigenvalue weighted by molar-refractivity contribution is -0.120. The molecule has 0 radical (unpaired) electrons. The van der Waals surface area contributed by atoms with Gasteiger partial charge in [-0.2, -0.15) is 0 Å². The van der Waals surface area contributed by atoms with Gasteiger partial charge in [-0.1, -0.05) is 0 Å². The number of hydrogen-bond acceptors (Lipinski definition) is 8. The van der Waals surface area contributed by atoms with Crippen LogP contribution in [-0.4, -0.2) is 55.9 Å². The molecule has 1 fully saturated rings. The summed E-state index contributed by atoms with van der Waals surface area (Å²) in [5.41, 5.74) is 0. The summed E-state index contributed by atoms with van der Waals surface area (Å²) in [5.74, 6) is 0. The monoisotopic (exact) mass is 408 g/mol. The van der Waals surface area contributed by atoms with E-state index in [-0.39, 0.29) is 0 Å². The van der Waals surface area contributed by atoms with E-state index in [4.69, 9.17) is 16.5 Å². The van der Waals surface area contributed by atoms with Crippen molar-refractivity contribution in [3.8, 4) is 0 Å². The van der Waals surface area contributed by atoms with Gasteiger partial charge in [-0.3, -0.25) is 19.2 Å². The van der Waals surface area contributed by atoms with Crippen molar-refractivity contribution in [3.63, 3.8) is 0 Å². The zero-order chi connectivity index (χ0) is 19.1. The Kier molecular flexibility index (Phi) is 5.89. The first-order valence-electron chi connectivity index (χ1n) is 7.45. The molecule has 0 N–H and O–H groups in total. The van der Waals surface area contributed by atoms with E-state index in [0.717, 1.165) is 0 Å². The first kappa shape index (κ1) is 21.4. The van der Waals surface area contributed by atoms with Gasteiger partial charge < -0.3 is 16.5 Å². The Hall–Kier alpha value is -0.612. The minimum Gasteiger partial charge on any atom is -0.416 e. The van der Waals surface area contributed by atoms with Crippen molar-refractivity contribution in [1.29, 1.82) is 0 Å². The fraction of sp³-hybridized carbons (Fsp3) is 0.667. The molecule has 136 valence electrons. The van der Waals surface area contributed by atoms with Crippen LogP contribution in [0.25, 0.3) is 0 Å². The molecule has 1 aliphatic rings. The second-order valence-electron chi connectivity index (χ2n) is 6.67. The summed E-state index contributed by atoms with van der Waals surface area (Å²) < 4.78 is 23.6. The third kappa shape index (κ3) is 3.96. The largest absolute Gasteiger partial charge is 0.463 e. The van der Waals surface area contributed by atoms with Crippen LogP contribution in [0.15, 0.2) is 0 Å². The third-order valence-electron chi connectivity index (χ3n) is 3.41.